The highest BCUT2D eigenvalue weighted by molar-refractivity contribution is 7.07. The fourth-order valence-corrected chi connectivity index (χ4v) is 1.40. The Kier molecular flexibility index (Phi) is 3.19. The Labute approximate surface area is 73.5 Å². The summed E-state index contributed by atoms with van der Waals surface area (Å²) in [6.45, 7) is 0. The molecule has 1 aromatic heterocycles. The molecule has 0 aliphatic carbocycles. The number of hydrogen-bond donors (Lipinski definition) is 2. The number of carboxylic acid groups (broad SMARTS) is 1. The molecule has 12 heavy (non-hydrogen) atoms. The van der Waals surface area contributed by atoms with Crippen molar-refractivity contribution in [2.24, 2.45) is 0 Å². The van der Waals surface area contributed by atoms with Crippen molar-refractivity contribution in [2.75, 3.05) is 0 Å². The van der Waals surface area contributed by atoms with Crippen molar-refractivity contribution < 1.29 is 15.0 Å². The van der Waals surface area contributed by atoms with Crippen LogP contribution in [0, 0.1) is 0 Å². The average molecular weight is 187 g/mol. The first-order chi connectivity index (χ1) is 5.70. The molecule has 1 aromatic rings. The van der Waals surface area contributed by atoms with Crippen LogP contribution in [-0.2, 0) is 4.79 Å². The minimum Gasteiger partial charge on any atom is -0.481 e. The summed E-state index contributed by atoms with van der Waals surface area (Å²) in [5, 5.41) is 19.4. The number of carbonyl (C=O) groups is 1. The summed E-state index contributed by atoms with van der Waals surface area (Å²) >= 11 is 1.38. The molecule has 4 nitrogen and oxygen atoms in total. The van der Waals surface area contributed by atoms with Gasteiger partial charge in [0.25, 0.3) is 0 Å². The van der Waals surface area contributed by atoms with Crippen molar-refractivity contribution >= 4 is 17.3 Å². The van der Waals surface area contributed by atoms with E-state index in [9.17, 15) is 9.90 Å². The monoisotopic (exact) mass is 187 g/mol. The van der Waals surface area contributed by atoms with Crippen LogP contribution in [0.4, 0.5) is 0 Å². The van der Waals surface area contributed by atoms with Crippen LogP contribution in [0.1, 0.15) is 24.6 Å². The molecule has 0 amide bonds. The standard InChI is InChI=1S/C7H9NO3S/c9-6(1-2-7(10)11)5-3-12-4-8-5/h3-4,6,9H,1-2H2,(H,10,11). The first-order valence-corrected chi connectivity index (χ1v) is 4.42. The number of hydrogen-bond acceptors (Lipinski definition) is 4. The largest absolute Gasteiger partial charge is 0.481 e. The second kappa shape index (κ2) is 4.18. The number of rotatable bonds is 4. The fraction of sp³-hybridized carbons (Fsp3) is 0.429. The van der Waals surface area contributed by atoms with Gasteiger partial charge in [-0.2, -0.15) is 0 Å². The minimum absolute atomic E-state index is 0.0291. The minimum atomic E-state index is -0.899. The molecular weight excluding hydrogens is 178 g/mol. The highest BCUT2D eigenvalue weighted by atomic mass is 32.1. The lowest BCUT2D eigenvalue weighted by Gasteiger charge is -2.03. The third kappa shape index (κ3) is 2.60. The average Bonchev–Trinajstić information content (AvgIpc) is 2.51. The summed E-state index contributed by atoms with van der Waals surface area (Å²) in [6.07, 6.45) is -0.551. The van der Waals surface area contributed by atoms with Crippen molar-refractivity contribution in [1.82, 2.24) is 4.98 Å². The van der Waals surface area contributed by atoms with Crippen LogP contribution in [-0.4, -0.2) is 21.2 Å². The molecule has 2 N–H and O–H groups in total. The number of carboxylic acids is 1. The molecule has 1 rings (SSSR count). The molecule has 66 valence electrons. The van der Waals surface area contributed by atoms with Crippen molar-refractivity contribution in [1.29, 1.82) is 0 Å². The molecule has 1 heterocycles. The van der Waals surface area contributed by atoms with Crippen LogP contribution in [0.3, 0.4) is 0 Å². The van der Waals surface area contributed by atoms with Gasteiger partial charge in [-0.05, 0) is 6.42 Å². The predicted octanol–water partition coefficient (Wildman–Crippen LogP) is 1.04. The van der Waals surface area contributed by atoms with Crippen LogP contribution < -0.4 is 0 Å². The number of nitrogens with zero attached hydrogens (tertiary/aromatic N) is 1. The van der Waals surface area contributed by atoms with E-state index < -0.39 is 12.1 Å². The Balaban J connectivity index is 2.39. The van der Waals surface area contributed by atoms with Gasteiger partial charge in [0.05, 0.1) is 17.3 Å². The van der Waals surface area contributed by atoms with Crippen LogP contribution in [0.2, 0.25) is 0 Å². The quantitative estimate of drug-likeness (QED) is 0.738. The Morgan fingerprint density at radius 3 is 3.00 bits per heavy atom. The summed E-state index contributed by atoms with van der Waals surface area (Å²) in [6, 6.07) is 0. The van der Waals surface area contributed by atoms with Crippen molar-refractivity contribution in [3.63, 3.8) is 0 Å². The van der Waals surface area contributed by atoms with Crippen LogP contribution in [0.5, 0.6) is 0 Å². The topological polar surface area (TPSA) is 70.4 Å². The second-order valence-electron chi connectivity index (χ2n) is 2.36. The van der Waals surface area contributed by atoms with Crippen molar-refractivity contribution in [3.05, 3.63) is 16.6 Å². The van der Waals surface area contributed by atoms with Gasteiger partial charge in [0, 0.05) is 11.8 Å². The molecule has 0 aliphatic heterocycles. The predicted molar refractivity (Wildman–Crippen MR) is 43.9 cm³/mol. The summed E-state index contributed by atoms with van der Waals surface area (Å²) in [5.41, 5.74) is 2.17. The van der Waals surface area contributed by atoms with Gasteiger partial charge in [0.15, 0.2) is 0 Å². The first kappa shape index (κ1) is 9.15. The summed E-state index contributed by atoms with van der Waals surface area (Å²) < 4.78 is 0. The molecular formula is C7H9NO3S. The van der Waals surface area contributed by atoms with Crippen LogP contribution >= 0.6 is 11.3 Å². The van der Waals surface area contributed by atoms with E-state index in [0.717, 1.165) is 0 Å². The number of aliphatic hydroxyl groups excluding tert-OH is 1. The summed E-state index contributed by atoms with van der Waals surface area (Å²) in [4.78, 5) is 14.0. The van der Waals surface area contributed by atoms with E-state index in [2.05, 4.69) is 4.98 Å². The van der Waals surface area contributed by atoms with E-state index in [1.54, 1.807) is 10.9 Å². The highest BCUT2D eigenvalue weighted by Crippen LogP contribution is 2.17. The molecule has 0 radical (unpaired) electrons. The van der Waals surface area contributed by atoms with E-state index in [0.29, 0.717) is 5.69 Å². The summed E-state index contributed by atoms with van der Waals surface area (Å²) in [5.74, 6) is -0.899. The van der Waals surface area contributed by atoms with Crippen LogP contribution in [0.15, 0.2) is 10.9 Å². The SMILES string of the molecule is O=C(O)CCC(O)c1cscn1. The smallest absolute Gasteiger partial charge is 0.303 e. The molecule has 0 bridgehead atoms. The molecule has 0 saturated heterocycles. The number of aliphatic hydroxyl groups is 1. The van der Waals surface area contributed by atoms with E-state index in [-0.39, 0.29) is 12.8 Å². The number of thiazole rings is 1. The highest BCUT2D eigenvalue weighted by Gasteiger charge is 2.10. The lowest BCUT2D eigenvalue weighted by Crippen LogP contribution is -2.02. The lowest BCUT2D eigenvalue weighted by atomic mass is 10.1. The van der Waals surface area contributed by atoms with E-state index in [1.807, 2.05) is 0 Å². The fourth-order valence-electron chi connectivity index (χ4n) is 0.795. The van der Waals surface area contributed by atoms with Gasteiger partial charge in [-0.25, -0.2) is 4.98 Å². The molecule has 0 fully saturated rings. The maximum atomic E-state index is 10.1. The maximum absolute atomic E-state index is 10.1. The third-order valence-corrected chi connectivity index (χ3v) is 2.03. The zero-order chi connectivity index (χ0) is 8.97. The Bertz CT molecular complexity index is 247. The zero-order valence-corrected chi connectivity index (χ0v) is 7.12. The number of aromatic nitrogens is 1. The van der Waals surface area contributed by atoms with Gasteiger partial charge >= 0.3 is 5.97 Å². The van der Waals surface area contributed by atoms with Gasteiger partial charge in [0.2, 0.25) is 0 Å². The summed E-state index contributed by atoms with van der Waals surface area (Å²) in [7, 11) is 0. The molecule has 0 saturated carbocycles. The molecule has 0 aromatic carbocycles. The molecule has 0 aliphatic rings. The second-order valence-corrected chi connectivity index (χ2v) is 3.08. The molecule has 0 spiro atoms. The van der Waals surface area contributed by atoms with Crippen LogP contribution in [0.25, 0.3) is 0 Å². The normalized spacial score (nSPS) is 12.8. The maximum Gasteiger partial charge on any atom is 0.303 e. The van der Waals surface area contributed by atoms with Gasteiger partial charge < -0.3 is 10.2 Å². The van der Waals surface area contributed by atoms with E-state index in [4.69, 9.17) is 5.11 Å². The van der Waals surface area contributed by atoms with Gasteiger partial charge in [0.1, 0.15) is 0 Å². The van der Waals surface area contributed by atoms with E-state index in [1.165, 1.54) is 11.3 Å². The Morgan fingerprint density at radius 1 is 1.75 bits per heavy atom. The Morgan fingerprint density at radius 2 is 2.50 bits per heavy atom. The first-order valence-electron chi connectivity index (χ1n) is 3.48. The zero-order valence-electron chi connectivity index (χ0n) is 6.30. The lowest BCUT2D eigenvalue weighted by molar-refractivity contribution is -0.137. The molecule has 5 heteroatoms. The van der Waals surface area contributed by atoms with Gasteiger partial charge in [-0.15, -0.1) is 11.3 Å². The van der Waals surface area contributed by atoms with E-state index >= 15 is 0 Å². The van der Waals surface area contributed by atoms with Gasteiger partial charge in [-0.3, -0.25) is 4.79 Å². The third-order valence-electron chi connectivity index (χ3n) is 1.42. The number of aliphatic carboxylic acids is 1. The van der Waals surface area contributed by atoms with Gasteiger partial charge in [-0.1, -0.05) is 0 Å². The Hall–Kier alpha value is -0.940. The van der Waals surface area contributed by atoms with Crippen molar-refractivity contribution in [3.8, 4) is 0 Å². The molecule has 1 atom stereocenters. The van der Waals surface area contributed by atoms with Crippen molar-refractivity contribution in [2.45, 2.75) is 18.9 Å². The molecule has 1 unspecified atom stereocenters.